The average Bonchev–Trinajstić information content (AvgIpc) is 2.46. The van der Waals surface area contributed by atoms with Crippen molar-refractivity contribution in [3.63, 3.8) is 0 Å². The van der Waals surface area contributed by atoms with Gasteiger partial charge in [-0.15, -0.1) is 0 Å². The molecular weight excluding hydrogens is 240 g/mol. The maximum atomic E-state index is 12.3. The molecule has 0 aliphatic carbocycles. The third kappa shape index (κ3) is 3.77. The first-order valence-electron chi connectivity index (χ1n) is 6.91. The number of piperidine rings is 1. The van der Waals surface area contributed by atoms with E-state index in [0.29, 0.717) is 11.5 Å². The van der Waals surface area contributed by atoms with Gasteiger partial charge in [-0.1, -0.05) is 0 Å². The number of carbonyl (C=O) groups is 1. The fraction of sp³-hybridized carbons (Fsp3) is 0.600. The molecule has 4 heteroatoms. The Balaban J connectivity index is 1.87. The number of aromatic nitrogens is 1. The minimum atomic E-state index is 0.109. The normalized spacial score (nSPS) is 16.6. The average molecular weight is 262 g/mol. The van der Waals surface area contributed by atoms with E-state index >= 15 is 0 Å². The zero-order valence-corrected chi connectivity index (χ0v) is 11.8. The monoisotopic (exact) mass is 262 g/mol. The first-order valence-corrected chi connectivity index (χ1v) is 6.91. The highest BCUT2D eigenvalue weighted by Gasteiger charge is 2.23. The van der Waals surface area contributed by atoms with Crippen LogP contribution in [-0.4, -0.2) is 42.6 Å². The number of aryl methyl sites for hydroxylation is 1. The number of pyridine rings is 1. The summed E-state index contributed by atoms with van der Waals surface area (Å²) in [7, 11) is 1.74. The number of rotatable bonds is 4. The molecular formula is C15H22N2O2. The second kappa shape index (κ2) is 6.66. The molecule has 19 heavy (non-hydrogen) atoms. The third-order valence-electron chi connectivity index (χ3n) is 3.79. The predicted molar refractivity (Wildman–Crippen MR) is 74.1 cm³/mol. The van der Waals surface area contributed by atoms with Crippen molar-refractivity contribution in [2.45, 2.75) is 26.2 Å². The van der Waals surface area contributed by atoms with Crippen LogP contribution in [0.15, 0.2) is 18.3 Å². The molecule has 0 aromatic carbocycles. The minimum absolute atomic E-state index is 0.109. The first kappa shape index (κ1) is 14.0. The lowest BCUT2D eigenvalue weighted by Crippen LogP contribution is -2.38. The van der Waals surface area contributed by atoms with Gasteiger partial charge >= 0.3 is 0 Å². The number of ether oxygens (including phenoxy) is 1. The highest BCUT2D eigenvalue weighted by molar-refractivity contribution is 5.93. The van der Waals surface area contributed by atoms with Gasteiger partial charge in [0.25, 0.3) is 5.91 Å². The van der Waals surface area contributed by atoms with Gasteiger partial charge in [-0.05, 0) is 44.2 Å². The van der Waals surface area contributed by atoms with Gasteiger partial charge in [-0.3, -0.25) is 9.78 Å². The number of amides is 1. The van der Waals surface area contributed by atoms with E-state index in [0.717, 1.165) is 44.7 Å². The summed E-state index contributed by atoms with van der Waals surface area (Å²) in [6, 6.07) is 3.75. The second-order valence-electron chi connectivity index (χ2n) is 5.21. The number of likely N-dealkylation sites (tertiary alicyclic amines) is 1. The third-order valence-corrected chi connectivity index (χ3v) is 3.79. The first-order chi connectivity index (χ1) is 9.20. The number of methoxy groups -OCH3 is 1. The molecule has 0 unspecified atom stereocenters. The highest BCUT2D eigenvalue weighted by Crippen LogP contribution is 2.21. The van der Waals surface area contributed by atoms with Crippen molar-refractivity contribution in [1.29, 1.82) is 0 Å². The van der Waals surface area contributed by atoms with Crippen molar-refractivity contribution in [2.75, 3.05) is 26.8 Å². The summed E-state index contributed by atoms with van der Waals surface area (Å²) in [5, 5.41) is 0. The van der Waals surface area contributed by atoms with Crippen LogP contribution in [0, 0.1) is 12.8 Å². The fourth-order valence-corrected chi connectivity index (χ4v) is 2.49. The molecule has 1 aliphatic rings. The fourth-order valence-electron chi connectivity index (χ4n) is 2.49. The highest BCUT2D eigenvalue weighted by atomic mass is 16.5. The van der Waals surface area contributed by atoms with E-state index < -0.39 is 0 Å². The lowest BCUT2D eigenvalue weighted by Gasteiger charge is -2.32. The number of hydrogen-bond acceptors (Lipinski definition) is 3. The molecule has 1 aromatic rings. The maximum absolute atomic E-state index is 12.3. The van der Waals surface area contributed by atoms with Crippen molar-refractivity contribution in [3.05, 3.63) is 29.6 Å². The van der Waals surface area contributed by atoms with Crippen LogP contribution < -0.4 is 0 Å². The lowest BCUT2D eigenvalue weighted by atomic mass is 9.93. The molecule has 1 saturated heterocycles. The van der Waals surface area contributed by atoms with Crippen LogP contribution in [0.4, 0.5) is 0 Å². The molecule has 1 fully saturated rings. The molecule has 104 valence electrons. The summed E-state index contributed by atoms with van der Waals surface area (Å²) < 4.78 is 5.11. The smallest absolute Gasteiger partial charge is 0.255 e. The predicted octanol–water partition coefficient (Wildman–Crippen LogP) is 2.28. The Morgan fingerprint density at radius 1 is 1.42 bits per heavy atom. The molecule has 0 saturated carbocycles. The second-order valence-corrected chi connectivity index (χ2v) is 5.21. The summed E-state index contributed by atoms with van der Waals surface area (Å²) in [5.74, 6) is 0.804. The van der Waals surface area contributed by atoms with Crippen LogP contribution in [0.25, 0.3) is 0 Å². The summed E-state index contributed by atoms with van der Waals surface area (Å²) in [6.07, 6.45) is 4.93. The van der Waals surface area contributed by atoms with Crippen molar-refractivity contribution in [2.24, 2.45) is 5.92 Å². The van der Waals surface area contributed by atoms with Gasteiger partial charge in [-0.2, -0.15) is 0 Å². The minimum Gasteiger partial charge on any atom is -0.385 e. The van der Waals surface area contributed by atoms with Crippen molar-refractivity contribution < 1.29 is 9.53 Å². The van der Waals surface area contributed by atoms with Crippen molar-refractivity contribution in [1.82, 2.24) is 9.88 Å². The van der Waals surface area contributed by atoms with Crippen LogP contribution in [0.1, 0.15) is 35.3 Å². The summed E-state index contributed by atoms with van der Waals surface area (Å²) >= 11 is 0. The molecule has 1 amide bonds. The van der Waals surface area contributed by atoms with E-state index in [2.05, 4.69) is 4.98 Å². The van der Waals surface area contributed by atoms with Gasteiger partial charge < -0.3 is 9.64 Å². The topological polar surface area (TPSA) is 42.4 Å². The van der Waals surface area contributed by atoms with Crippen molar-refractivity contribution in [3.8, 4) is 0 Å². The molecule has 0 atom stereocenters. The Hall–Kier alpha value is -1.42. The zero-order chi connectivity index (χ0) is 13.7. The van der Waals surface area contributed by atoms with E-state index in [9.17, 15) is 4.79 Å². The molecule has 0 N–H and O–H groups in total. The Bertz CT molecular complexity index is 409. The Morgan fingerprint density at radius 2 is 2.16 bits per heavy atom. The molecule has 0 bridgehead atoms. The van der Waals surface area contributed by atoms with Gasteiger partial charge in [0.1, 0.15) is 0 Å². The van der Waals surface area contributed by atoms with E-state index in [1.165, 1.54) is 0 Å². The maximum Gasteiger partial charge on any atom is 0.255 e. The van der Waals surface area contributed by atoms with Gasteiger partial charge in [0.2, 0.25) is 0 Å². The molecule has 0 spiro atoms. The Kier molecular flexibility index (Phi) is 4.91. The quantitative estimate of drug-likeness (QED) is 0.836. The van der Waals surface area contributed by atoms with Crippen LogP contribution in [0.2, 0.25) is 0 Å². The number of nitrogens with zero attached hydrogens (tertiary/aromatic N) is 2. The summed E-state index contributed by atoms with van der Waals surface area (Å²) in [5.41, 5.74) is 1.63. The number of carbonyl (C=O) groups excluding carboxylic acids is 1. The van der Waals surface area contributed by atoms with Gasteiger partial charge in [0.05, 0.1) is 5.56 Å². The van der Waals surface area contributed by atoms with Crippen LogP contribution in [0.5, 0.6) is 0 Å². The lowest BCUT2D eigenvalue weighted by molar-refractivity contribution is 0.0669. The number of hydrogen-bond donors (Lipinski definition) is 0. The molecule has 0 radical (unpaired) electrons. The Morgan fingerprint density at radius 3 is 2.74 bits per heavy atom. The van der Waals surface area contributed by atoms with Gasteiger partial charge in [0, 0.05) is 38.7 Å². The SMILES string of the molecule is COCCC1CCN(C(=O)c2ccc(C)nc2)CC1. The largest absolute Gasteiger partial charge is 0.385 e. The molecule has 2 rings (SSSR count). The van der Waals surface area contributed by atoms with Crippen LogP contribution >= 0.6 is 0 Å². The summed E-state index contributed by atoms with van der Waals surface area (Å²) in [6.45, 7) is 4.44. The summed E-state index contributed by atoms with van der Waals surface area (Å²) in [4.78, 5) is 18.4. The molecule has 1 aliphatic heterocycles. The van der Waals surface area contributed by atoms with Crippen LogP contribution in [0.3, 0.4) is 0 Å². The van der Waals surface area contributed by atoms with Gasteiger partial charge in [0.15, 0.2) is 0 Å². The van der Waals surface area contributed by atoms with Crippen molar-refractivity contribution >= 4 is 5.91 Å². The van der Waals surface area contributed by atoms with E-state index in [-0.39, 0.29) is 5.91 Å². The van der Waals surface area contributed by atoms with E-state index in [4.69, 9.17) is 4.74 Å². The molecule has 1 aromatic heterocycles. The van der Waals surface area contributed by atoms with Crippen LogP contribution in [-0.2, 0) is 4.74 Å². The van der Waals surface area contributed by atoms with E-state index in [1.54, 1.807) is 13.3 Å². The molecule has 4 nitrogen and oxygen atoms in total. The molecule has 2 heterocycles. The van der Waals surface area contributed by atoms with E-state index in [1.807, 2.05) is 24.0 Å². The van der Waals surface area contributed by atoms with Gasteiger partial charge in [-0.25, -0.2) is 0 Å². The standard InChI is InChI=1S/C15H22N2O2/c1-12-3-4-14(11-16-12)15(18)17-8-5-13(6-9-17)7-10-19-2/h3-4,11,13H,5-10H2,1-2H3. The Labute approximate surface area is 114 Å². The zero-order valence-electron chi connectivity index (χ0n) is 11.8.